The Labute approximate surface area is 88.0 Å². The second-order valence-electron chi connectivity index (χ2n) is 3.16. The summed E-state index contributed by atoms with van der Waals surface area (Å²) in [5.41, 5.74) is 6.90. The molecule has 2 N–H and O–H groups in total. The SMILES string of the molecule is CCOCC(C)(NCCN=[N+]=[N-])C(=O)O. The number of carbonyl (C=O) groups is 1. The molecule has 0 radical (unpaired) electrons. The van der Waals surface area contributed by atoms with Gasteiger partial charge in [0.2, 0.25) is 0 Å². The molecule has 0 amide bonds. The van der Waals surface area contributed by atoms with Crippen molar-refractivity contribution < 1.29 is 14.6 Å². The van der Waals surface area contributed by atoms with Crippen LogP contribution in [0.1, 0.15) is 13.8 Å². The quantitative estimate of drug-likeness (QED) is 0.270. The molecule has 7 nitrogen and oxygen atoms in total. The van der Waals surface area contributed by atoms with Crippen LogP contribution in [0.3, 0.4) is 0 Å². The number of azide groups is 1. The standard InChI is InChI=1S/C8H16N4O3/c1-3-15-6-8(2,7(13)14)10-4-5-11-12-9/h10H,3-6H2,1-2H3,(H,13,14). The minimum absolute atomic E-state index is 0.0785. The smallest absolute Gasteiger partial charge is 0.326 e. The molecule has 0 spiro atoms. The average Bonchev–Trinajstić information content (AvgIpc) is 2.21. The fourth-order valence-corrected chi connectivity index (χ4v) is 0.921. The Balaban J connectivity index is 4.12. The third-order valence-corrected chi connectivity index (χ3v) is 1.86. The number of nitrogens with zero attached hydrogens (tertiary/aromatic N) is 3. The van der Waals surface area contributed by atoms with Gasteiger partial charge in [-0.15, -0.1) is 0 Å². The summed E-state index contributed by atoms with van der Waals surface area (Å²) in [7, 11) is 0. The van der Waals surface area contributed by atoms with Gasteiger partial charge < -0.3 is 15.2 Å². The molecule has 0 aliphatic heterocycles. The highest BCUT2D eigenvalue weighted by atomic mass is 16.5. The maximum Gasteiger partial charge on any atom is 0.326 e. The van der Waals surface area contributed by atoms with Gasteiger partial charge in [0.1, 0.15) is 5.54 Å². The molecule has 0 bridgehead atoms. The molecular weight excluding hydrogens is 200 g/mol. The summed E-state index contributed by atoms with van der Waals surface area (Å²) in [6.45, 7) is 4.38. The van der Waals surface area contributed by atoms with Crippen LogP contribution in [0.5, 0.6) is 0 Å². The average molecular weight is 216 g/mol. The van der Waals surface area contributed by atoms with Crippen LogP contribution in [0, 0.1) is 0 Å². The summed E-state index contributed by atoms with van der Waals surface area (Å²) in [4.78, 5) is 13.5. The lowest BCUT2D eigenvalue weighted by Gasteiger charge is -2.25. The zero-order chi connectivity index (χ0) is 11.7. The minimum Gasteiger partial charge on any atom is -0.480 e. The lowest BCUT2D eigenvalue weighted by Crippen LogP contribution is -2.53. The maximum absolute atomic E-state index is 10.9. The van der Waals surface area contributed by atoms with Gasteiger partial charge in [-0.1, -0.05) is 5.11 Å². The Hall–Kier alpha value is -1.30. The van der Waals surface area contributed by atoms with E-state index in [1.165, 1.54) is 6.92 Å². The van der Waals surface area contributed by atoms with Crippen LogP contribution >= 0.6 is 0 Å². The van der Waals surface area contributed by atoms with Crippen LogP contribution < -0.4 is 5.32 Å². The number of rotatable bonds is 8. The lowest BCUT2D eigenvalue weighted by molar-refractivity contribution is -0.146. The van der Waals surface area contributed by atoms with Crippen molar-refractivity contribution in [3.05, 3.63) is 10.4 Å². The molecule has 86 valence electrons. The van der Waals surface area contributed by atoms with E-state index in [0.29, 0.717) is 13.2 Å². The van der Waals surface area contributed by atoms with Gasteiger partial charge in [0, 0.05) is 24.6 Å². The molecule has 0 aromatic heterocycles. The third-order valence-electron chi connectivity index (χ3n) is 1.86. The molecular formula is C8H16N4O3. The Morgan fingerprint density at radius 3 is 2.87 bits per heavy atom. The predicted molar refractivity (Wildman–Crippen MR) is 54.5 cm³/mol. The highest BCUT2D eigenvalue weighted by Crippen LogP contribution is 2.04. The van der Waals surface area contributed by atoms with Gasteiger partial charge in [-0.2, -0.15) is 0 Å². The van der Waals surface area contributed by atoms with Crippen molar-refractivity contribution in [1.82, 2.24) is 5.32 Å². The number of carboxylic acids is 1. The highest BCUT2D eigenvalue weighted by Gasteiger charge is 2.32. The molecule has 0 aliphatic rings. The normalized spacial score (nSPS) is 14.0. The Morgan fingerprint density at radius 2 is 2.40 bits per heavy atom. The van der Waals surface area contributed by atoms with Crippen molar-refractivity contribution in [1.29, 1.82) is 0 Å². The first-order valence-corrected chi connectivity index (χ1v) is 4.64. The molecule has 15 heavy (non-hydrogen) atoms. The first-order valence-electron chi connectivity index (χ1n) is 4.64. The topological polar surface area (TPSA) is 107 Å². The Kier molecular flexibility index (Phi) is 6.44. The lowest BCUT2D eigenvalue weighted by atomic mass is 10.0. The van der Waals surface area contributed by atoms with Crippen molar-refractivity contribution in [2.75, 3.05) is 26.3 Å². The van der Waals surface area contributed by atoms with E-state index in [1.54, 1.807) is 6.92 Å². The molecule has 7 heteroatoms. The molecule has 0 aliphatic carbocycles. The summed E-state index contributed by atoms with van der Waals surface area (Å²) in [5.74, 6) is -0.989. The van der Waals surface area contributed by atoms with E-state index in [0.717, 1.165) is 0 Å². The van der Waals surface area contributed by atoms with E-state index in [1.807, 2.05) is 0 Å². The second-order valence-corrected chi connectivity index (χ2v) is 3.16. The molecule has 1 atom stereocenters. The number of hydrogen-bond acceptors (Lipinski definition) is 4. The zero-order valence-corrected chi connectivity index (χ0v) is 8.93. The monoisotopic (exact) mass is 216 g/mol. The van der Waals surface area contributed by atoms with Gasteiger partial charge >= 0.3 is 5.97 Å². The summed E-state index contributed by atoms with van der Waals surface area (Å²) in [5, 5.41) is 15.0. The number of nitrogens with one attached hydrogen (secondary N) is 1. The summed E-state index contributed by atoms with van der Waals surface area (Å²) < 4.78 is 5.07. The number of carboxylic acid groups (broad SMARTS) is 1. The van der Waals surface area contributed by atoms with Crippen LogP contribution in [0.15, 0.2) is 5.11 Å². The minimum atomic E-state index is -1.14. The number of ether oxygens (including phenoxy) is 1. The zero-order valence-electron chi connectivity index (χ0n) is 8.93. The molecule has 0 heterocycles. The van der Waals surface area contributed by atoms with Gasteiger partial charge in [0.05, 0.1) is 6.61 Å². The van der Waals surface area contributed by atoms with E-state index in [-0.39, 0.29) is 13.2 Å². The highest BCUT2D eigenvalue weighted by molar-refractivity contribution is 5.78. The van der Waals surface area contributed by atoms with Crippen LogP contribution in [-0.4, -0.2) is 42.9 Å². The van der Waals surface area contributed by atoms with Gasteiger partial charge in [0.25, 0.3) is 0 Å². The van der Waals surface area contributed by atoms with Crippen molar-refractivity contribution in [2.24, 2.45) is 5.11 Å². The maximum atomic E-state index is 10.9. The molecule has 0 aromatic rings. The van der Waals surface area contributed by atoms with Gasteiger partial charge in [-0.25, -0.2) is 0 Å². The number of aliphatic carboxylic acids is 1. The summed E-state index contributed by atoms with van der Waals surface area (Å²) >= 11 is 0. The first-order chi connectivity index (χ1) is 7.06. The van der Waals surface area contributed by atoms with Crippen LogP contribution in [-0.2, 0) is 9.53 Å². The van der Waals surface area contributed by atoms with Crippen molar-refractivity contribution in [2.45, 2.75) is 19.4 Å². The van der Waals surface area contributed by atoms with Gasteiger partial charge in [-0.3, -0.25) is 4.79 Å². The molecule has 1 unspecified atom stereocenters. The van der Waals surface area contributed by atoms with E-state index < -0.39 is 11.5 Å². The fourth-order valence-electron chi connectivity index (χ4n) is 0.921. The second kappa shape index (κ2) is 7.05. The first kappa shape index (κ1) is 13.7. The number of hydrogen-bond donors (Lipinski definition) is 2. The third kappa shape index (κ3) is 5.21. The van der Waals surface area contributed by atoms with Gasteiger partial charge in [0.15, 0.2) is 0 Å². The van der Waals surface area contributed by atoms with E-state index in [2.05, 4.69) is 15.3 Å². The molecule has 0 saturated carbocycles. The summed E-state index contributed by atoms with van der Waals surface area (Å²) in [6, 6.07) is 0. The Bertz CT molecular complexity index is 252. The van der Waals surface area contributed by atoms with E-state index in [9.17, 15) is 4.79 Å². The van der Waals surface area contributed by atoms with Crippen LogP contribution in [0.25, 0.3) is 10.4 Å². The predicted octanol–water partition coefficient (Wildman–Crippen LogP) is 0.766. The molecule has 0 saturated heterocycles. The largest absolute Gasteiger partial charge is 0.480 e. The molecule has 0 rings (SSSR count). The van der Waals surface area contributed by atoms with Crippen molar-refractivity contribution >= 4 is 5.97 Å². The Morgan fingerprint density at radius 1 is 1.73 bits per heavy atom. The van der Waals surface area contributed by atoms with Crippen LogP contribution in [0.2, 0.25) is 0 Å². The van der Waals surface area contributed by atoms with Crippen LogP contribution in [0.4, 0.5) is 0 Å². The van der Waals surface area contributed by atoms with E-state index >= 15 is 0 Å². The molecule has 0 fully saturated rings. The summed E-state index contributed by atoms with van der Waals surface area (Å²) in [6.07, 6.45) is 0. The van der Waals surface area contributed by atoms with Crippen molar-refractivity contribution in [3.63, 3.8) is 0 Å². The molecule has 0 aromatic carbocycles. The fraction of sp³-hybridized carbons (Fsp3) is 0.875. The van der Waals surface area contributed by atoms with E-state index in [4.69, 9.17) is 15.4 Å². The van der Waals surface area contributed by atoms with Crippen molar-refractivity contribution in [3.8, 4) is 0 Å². The van der Waals surface area contributed by atoms with Gasteiger partial charge in [-0.05, 0) is 19.4 Å².